The van der Waals surface area contributed by atoms with E-state index in [1.165, 1.54) is 30.4 Å². The predicted octanol–water partition coefficient (Wildman–Crippen LogP) is 4.28. The quantitative estimate of drug-likeness (QED) is 0.861. The number of hydrogen-bond acceptors (Lipinski definition) is 2. The van der Waals surface area contributed by atoms with E-state index < -0.39 is 0 Å². The summed E-state index contributed by atoms with van der Waals surface area (Å²) in [6, 6.07) is 14.3. The first-order chi connectivity index (χ1) is 11.8. The molecule has 0 bridgehead atoms. The minimum Gasteiger partial charge on any atom is -0.377 e. The smallest absolute Gasteiger partial charge is 0.228 e. The average Bonchev–Trinajstić information content (AvgIpc) is 2.61. The molecule has 3 heteroatoms. The summed E-state index contributed by atoms with van der Waals surface area (Å²) in [5, 5.41) is 3.03. The maximum absolute atomic E-state index is 12.4. The molecule has 0 unspecified atom stereocenters. The summed E-state index contributed by atoms with van der Waals surface area (Å²) >= 11 is 0. The van der Waals surface area contributed by atoms with Gasteiger partial charge in [-0.1, -0.05) is 36.4 Å². The largest absolute Gasteiger partial charge is 0.377 e. The number of carbonyl (C=O) groups is 1. The van der Waals surface area contributed by atoms with Crippen LogP contribution in [0.2, 0.25) is 0 Å². The van der Waals surface area contributed by atoms with E-state index in [1.54, 1.807) is 0 Å². The van der Waals surface area contributed by atoms with E-state index in [1.807, 2.05) is 31.2 Å². The molecule has 2 aromatic carbocycles. The molecule has 2 aromatic rings. The lowest BCUT2D eigenvalue weighted by molar-refractivity contribution is -0.115. The van der Waals surface area contributed by atoms with Crippen molar-refractivity contribution in [3.05, 3.63) is 64.7 Å². The predicted molar refractivity (Wildman–Crippen MR) is 97.2 cm³/mol. The van der Waals surface area contributed by atoms with E-state index in [-0.39, 0.29) is 5.91 Å². The van der Waals surface area contributed by atoms with Crippen LogP contribution in [0, 0.1) is 0 Å². The highest BCUT2D eigenvalue weighted by Gasteiger charge is 2.12. The molecule has 1 aliphatic rings. The molecule has 0 aliphatic heterocycles. The monoisotopic (exact) mass is 323 g/mol. The van der Waals surface area contributed by atoms with Gasteiger partial charge in [-0.25, -0.2) is 0 Å². The molecular weight excluding hydrogens is 298 g/mol. The molecule has 0 radical (unpaired) electrons. The molecular formula is C21H25NO2. The van der Waals surface area contributed by atoms with Crippen LogP contribution >= 0.6 is 0 Å². The number of fused-ring (bicyclic) bond motifs is 1. The number of benzene rings is 2. The summed E-state index contributed by atoms with van der Waals surface area (Å²) in [5.74, 6) is 0.0229. The number of amides is 1. The van der Waals surface area contributed by atoms with Crippen LogP contribution in [0.4, 0.5) is 5.69 Å². The molecule has 1 aliphatic carbocycles. The molecule has 0 aromatic heterocycles. The van der Waals surface area contributed by atoms with Gasteiger partial charge in [0.05, 0.1) is 13.0 Å². The zero-order valence-corrected chi connectivity index (χ0v) is 14.3. The molecule has 0 fully saturated rings. The first kappa shape index (κ1) is 16.7. The number of carbonyl (C=O) groups excluding carboxylic acids is 1. The second-order valence-electron chi connectivity index (χ2n) is 6.33. The van der Waals surface area contributed by atoms with Crippen molar-refractivity contribution < 1.29 is 9.53 Å². The van der Waals surface area contributed by atoms with Crippen LogP contribution in [0.5, 0.6) is 0 Å². The Morgan fingerprint density at radius 2 is 1.88 bits per heavy atom. The van der Waals surface area contributed by atoms with Crippen molar-refractivity contribution in [1.82, 2.24) is 0 Å². The van der Waals surface area contributed by atoms with Crippen LogP contribution in [-0.4, -0.2) is 12.5 Å². The summed E-state index contributed by atoms with van der Waals surface area (Å²) in [5.41, 5.74) is 5.82. The van der Waals surface area contributed by atoms with Gasteiger partial charge >= 0.3 is 0 Å². The lowest BCUT2D eigenvalue weighted by Gasteiger charge is -2.16. The van der Waals surface area contributed by atoms with E-state index in [0.29, 0.717) is 19.6 Å². The molecule has 126 valence electrons. The second kappa shape index (κ2) is 8.11. The van der Waals surface area contributed by atoms with Crippen LogP contribution in [0.25, 0.3) is 0 Å². The highest BCUT2D eigenvalue weighted by molar-refractivity contribution is 5.93. The summed E-state index contributed by atoms with van der Waals surface area (Å²) < 4.78 is 5.47. The van der Waals surface area contributed by atoms with Gasteiger partial charge in [0.2, 0.25) is 5.91 Å². The van der Waals surface area contributed by atoms with Crippen molar-refractivity contribution in [2.75, 3.05) is 11.9 Å². The number of aryl methyl sites for hydroxylation is 2. The van der Waals surface area contributed by atoms with E-state index in [2.05, 4.69) is 23.5 Å². The molecule has 0 atom stereocenters. The number of anilines is 1. The molecule has 0 spiro atoms. The van der Waals surface area contributed by atoms with Crippen LogP contribution in [0.1, 0.15) is 42.0 Å². The summed E-state index contributed by atoms with van der Waals surface area (Å²) in [4.78, 5) is 12.4. The highest BCUT2D eigenvalue weighted by atomic mass is 16.5. The lowest BCUT2D eigenvalue weighted by atomic mass is 9.90. The zero-order valence-electron chi connectivity index (χ0n) is 14.3. The Morgan fingerprint density at radius 3 is 2.71 bits per heavy atom. The molecule has 3 nitrogen and oxygen atoms in total. The maximum Gasteiger partial charge on any atom is 0.228 e. The third-order valence-corrected chi connectivity index (χ3v) is 4.53. The summed E-state index contributed by atoms with van der Waals surface area (Å²) in [6.07, 6.45) is 5.27. The number of rotatable bonds is 6. The Hall–Kier alpha value is -2.13. The lowest BCUT2D eigenvalue weighted by Crippen LogP contribution is -2.16. The van der Waals surface area contributed by atoms with E-state index >= 15 is 0 Å². The normalized spacial score (nSPS) is 13.4. The van der Waals surface area contributed by atoms with Crippen molar-refractivity contribution >= 4 is 11.6 Å². The maximum atomic E-state index is 12.4. The van der Waals surface area contributed by atoms with Gasteiger partial charge in [0.1, 0.15) is 0 Å². The van der Waals surface area contributed by atoms with Crippen LogP contribution in [0.3, 0.4) is 0 Å². The molecule has 1 amide bonds. The van der Waals surface area contributed by atoms with Crippen LogP contribution in [0.15, 0.2) is 42.5 Å². The van der Waals surface area contributed by atoms with E-state index in [4.69, 9.17) is 4.74 Å². The Balaban J connectivity index is 1.66. The third-order valence-electron chi connectivity index (χ3n) is 4.53. The second-order valence-corrected chi connectivity index (χ2v) is 6.33. The molecule has 0 saturated carbocycles. The number of para-hydroxylation sites is 1. The molecule has 0 saturated heterocycles. The fourth-order valence-electron chi connectivity index (χ4n) is 3.26. The van der Waals surface area contributed by atoms with E-state index in [9.17, 15) is 4.79 Å². The van der Waals surface area contributed by atoms with Crippen molar-refractivity contribution in [2.45, 2.75) is 45.6 Å². The van der Waals surface area contributed by atoms with Crippen molar-refractivity contribution in [2.24, 2.45) is 0 Å². The van der Waals surface area contributed by atoms with Gasteiger partial charge in [0.25, 0.3) is 0 Å². The molecule has 1 N–H and O–H groups in total. The Bertz CT molecular complexity index is 709. The molecule has 3 rings (SSSR count). The third kappa shape index (κ3) is 4.24. The standard InChI is InChI=1S/C21H25NO2/c1-2-24-15-19-9-5-6-10-20(19)22-21(23)14-16-11-12-17-7-3-4-8-18(17)13-16/h5-6,9-13H,2-4,7-8,14-15H2,1H3,(H,22,23). The van der Waals surface area contributed by atoms with Crippen molar-refractivity contribution in [3.8, 4) is 0 Å². The summed E-state index contributed by atoms with van der Waals surface area (Å²) in [7, 11) is 0. The Kier molecular flexibility index (Phi) is 5.65. The molecule has 24 heavy (non-hydrogen) atoms. The van der Waals surface area contributed by atoms with Crippen molar-refractivity contribution in [3.63, 3.8) is 0 Å². The van der Waals surface area contributed by atoms with Gasteiger partial charge in [0, 0.05) is 17.9 Å². The van der Waals surface area contributed by atoms with E-state index in [0.717, 1.165) is 23.2 Å². The summed E-state index contributed by atoms with van der Waals surface area (Å²) in [6.45, 7) is 3.15. The van der Waals surface area contributed by atoms with Gasteiger partial charge < -0.3 is 10.1 Å². The first-order valence-corrected chi connectivity index (χ1v) is 8.82. The van der Waals surface area contributed by atoms with Gasteiger partial charge in [-0.15, -0.1) is 0 Å². The Morgan fingerprint density at radius 1 is 1.08 bits per heavy atom. The van der Waals surface area contributed by atoms with Gasteiger partial charge in [-0.05, 0) is 55.4 Å². The topological polar surface area (TPSA) is 38.3 Å². The fraction of sp³-hybridized carbons (Fsp3) is 0.381. The van der Waals surface area contributed by atoms with Gasteiger partial charge in [0.15, 0.2) is 0 Å². The highest BCUT2D eigenvalue weighted by Crippen LogP contribution is 2.23. The van der Waals surface area contributed by atoms with Crippen molar-refractivity contribution in [1.29, 1.82) is 0 Å². The minimum absolute atomic E-state index is 0.0229. The van der Waals surface area contributed by atoms with Crippen LogP contribution < -0.4 is 5.32 Å². The van der Waals surface area contributed by atoms with Gasteiger partial charge in [-0.2, -0.15) is 0 Å². The fourth-order valence-corrected chi connectivity index (χ4v) is 3.26. The molecule has 0 heterocycles. The number of hydrogen-bond donors (Lipinski definition) is 1. The number of nitrogens with one attached hydrogen (secondary N) is 1. The van der Waals surface area contributed by atoms with Gasteiger partial charge in [-0.3, -0.25) is 4.79 Å². The first-order valence-electron chi connectivity index (χ1n) is 8.82. The average molecular weight is 323 g/mol. The SMILES string of the molecule is CCOCc1ccccc1NC(=O)Cc1ccc2c(c1)CCCC2. The van der Waals surface area contributed by atoms with Crippen LogP contribution in [-0.2, 0) is 35.4 Å². The number of ether oxygens (including phenoxy) is 1. The zero-order chi connectivity index (χ0) is 16.8. The minimum atomic E-state index is 0.0229. The Labute approximate surface area is 144 Å².